The van der Waals surface area contributed by atoms with Crippen molar-refractivity contribution in [3.8, 4) is 11.4 Å². The number of hydrogen-bond acceptors (Lipinski definition) is 5. The second-order valence-electron chi connectivity index (χ2n) is 8.12. The predicted octanol–water partition coefficient (Wildman–Crippen LogP) is 4.32. The van der Waals surface area contributed by atoms with E-state index in [0.29, 0.717) is 19.4 Å². The van der Waals surface area contributed by atoms with Gasteiger partial charge in [-0.25, -0.2) is 4.79 Å². The fraction of sp³-hybridized carbons (Fsp3) is 0.360. The van der Waals surface area contributed by atoms with E-state index in [1.165, 1.54) is 6.42 Å². The highest BCUT2D eigenvalue weighted by atomic mass is 16.5. The minimum absolute atomic E-state index is 0.105. The quantitative estimate of drug-likeness (QED) is 0.501. The van der Waals surface area contributed by atoms with Gasteiger partial charge in [-0.15, -0.1) is 10.2 Å². The number of anilines is 1. The number of amides is 2. The van der Waals surface area contributed by atoms with Crippen molar-refractivity contribution in [2.75, 3.05) is 11.9 Å². The maximum absolute atomic E-state index is 12.4. The summed E-state index contributed by atoms with van der Waals surface area (Å²) < 4.78 is 7.35. The zero-order chi connectivity index (χ0) is 22.9. The van der Waals surface area contributed by atoms with Crippen LogP contribution in [-0.4, -0.2) is 33.3 Å². The number of benzene rings is 2. The number of aromatic nitrogens is 3. The van der Waals surface area contributed by atoms with Gasteiger partial charge in [-0.2, -0.15) is 0 Å². The van der Waals surface area contributed by atoms with Gasteiger partial charge in [-0.1, -0.05) is 48.9 Å². The summed E-state index contributed by atoms with van der Waals surface area (Å²) in [7, 11) is 0. The van der Waals surface area contributed by atoms with Crippen LogP contribution in [-0.2, 0) is 29.1 Å². The molecule has 8 heteroatoms. The van der Waals surface area contributed by atoms with Crippen LogP contribution >= 0.6 is 0 Å². The van der Waals surface area contributed by atoms with Crippen LogP contribution in [0.1, 0.15) is 43.5 Å². The Morgan fingerprint density at radius 1 is 1.00 bits per heavy atom. The standard InChI is InChI=1S/C25H29N5O3/c31-23(14-8-15-26-25(32)33-18-19-9-3-1-4-10-19)27-21-12-7-11-20(17-21)24-29-28-22-13-5-2-6-16-30(22)24/h1,3-4,7,9-12,17H,2,5-6,8,13-16,18H2,(H,26,32)(H,27,31). The molecule has 8 nitrogen and oxygen atoms in total. The Labute approximate surface area is 193 Å². The van der Waals surface area contributed by atoms with Gasteiger partial charge in [0, 0.05) is 37.2 Å². The molecule has 2 heterocycles. The van der Waals surface area contributed by atoms with Gasteiger partial charge in [-0.3, -0.25) is 4.79 Å². The van der Waals surface area contributed by atoms with Crippen molar-refractivity contribution >= 4 is 17.7 Å². The molecule has 0 saturated heterocycles. The number of fused-ring (bicyclic) bond motifs is 1. The number of rotatable bonds is 8. The number of nitrogens with one attached hydrogen (secondary N) is 2. The molecule has 0 atom stereocenters. The molecule has 172 valence electrons. The number of hydrogen-bond donors (Lipinski definition) is 2. The lowest BCUT2D eigenvalue weighted by Gasteiger charge is -2.10. The fourth-order valence-corrected chi connectivity index (χ4v) is 3.87. The highest BCUT2D eigenvalue weighted by molar-refractivity contribution is 5.91. The average Bonchev–Trinajstić information content (AvgIpc) is 3.09. The predicted molar refractivity (Wildman–Crippen MR) is 126 cm³/mol. The third-order valence-corrected chi connectivity index (χ3v) is 5.58. The Balaban J connectivity index is 1.22. The van der Waals surface area contributed by atoms with Gasteiger partial charge in [-0.05, 0) is 37.0 Å². The molecular formula is C25H29N5O3. The Kier molecular flexibility index (Phi) is 7.68. The Morgan fingerprint density at radius 2 is 1.88 bits per heavy atom. The van der Waals surface area contributed by atoms with Crippen molar-refractivity contribution in [2.24, 2.45) is 0 Å². The fourth-order valence-electron chi connectivity index (χ4n) is 3.87. The minimum atomic E-state index is -0.487. The van der Waals surface area contributed by atoms with Gasteiger partial charge in [0.1, 0.15) is 12.4 Å². The van der Waals surface area contributed by atoms with Crippen LogP contribution in [0.25, 0.3) is 11.4 Å². The zero-order valence-corrected chi connectivity index (χ0v) is 18.6. The SMILES string of the molecule is O=C(CCCNC(=O)OCc1ccccc1)Nc1cccc(-c2nnc3n2CCCCC3)c1. The first-order valence-electron chi connectivity index (χ1n) is 11.5. The van der Waals surface area contributed by atoms with Crippen LogP contribution in [0.2, 0.25) is 0 Å². The average molecular weight is 448 g/mol. The van der Waals surface area contributed by atoms with Gasteiger partial charge in [0.25, 0.3) is 0 Å². The minimum Gasteiger partial charge on any atom is -0.445 e. The Bertz CT molecular complexity index is 1080. The number of carbonyl (C=O) groups is 2. The van der Waals surface area contributed by atoms with E-state index in [1.54, 1.807) is 0 Å². The van der Waals surface area contributed by atoms with Gasteiger partial charge < -0.3 is 19.9 Å². The summed E-state index contributed by atoms with van der Waals surface area (Å²) in [6.45, 7) is 1.51. The van der Waals surface area contributed by atoms with E-state index in [1.807, 2.05) is 54.6 Å². The molecule has 4 rings (SSSR count). The van der Waals surface area contributed by atoms with Gasteiger partial charge in [0.2, 0.25) is 5.91 Å². The lowest BCUT2D eigenvalue weighted by Crippen LogP contribution is -2.26. The molecule has 0 bridgehead atoms. The summed E-state index contributed by atoms with van der Waals surface area (Å²) >= 11 is 0. The second kappa shape index (κ2) is 11.3. The third-order valence-electron chi connectivity index (χ3n) is 5.58. The van der Waals surface area contributed by atoms with Crippen molar-refractivity contribution in [1.29, 1.82) is 0 Å². The zero-order valence-electron chi connectivity index (χ0n) is 18.6. The maximum atomic E-state index is 12.4. The third kappa shape index (κ3) is 6.41. The van der Waals surface area contributed by atoms with Crippen LogP contribution < -0.4 is 10.6 Å². The molecule has 1 aromatic heterocycles. The smallest absolute Gasteiger partial charge is 0.407 e. The molecule has 2 aromatic carbocycles. The first-order chi connectivity index (χ1) is 16.2. The van der Waals surface area contributed by atoms with Crippen molar-refractivity contribution in [3.63, 3.8) is 0 Å². The Morgan fingerprint density at radius 3 is 2.76 bits per heavy atom. The molecule has 0 radical (unpaired) electrons. The lowest BCUT2D eigenvalue weighted by molar-refractivity contribution is -0.116. The summed E-state index contributed by atoms with van der Waals surface area (Å²) in [6.07, 6.45) is 4.76. The molecule has 0 spiro atoms. The molecule has 2 amide bonds. The highest BCUT2D eigenvalue weighted by Crippen LogP contribution is 2.25. The van der Waals surface area contributed by atoms with Crippen LogP contribution in [0.3, 0.4) is 0 Å². The van der Waals surface area contributed by atoms with Crippen molar-refractivity contribution in [1.82, 2.24) is 20.1 Å². The van der Waals surface area contributed by atoms with E-state index in [2.05, 4.69) is 25.4 Å². The Hall–Kier alpha value is -3.68. The summed E-state index contributed by atoms with van der Waals surface area (Å²) in [4.78, 5) is 24.1. The summed E-state index contributed by atoms with van der Waals surface area (Å²) in [5, 5.41) is 14.4. The summed E-state index contributed by atoms with van der Waals surface area (Å²) in [6, 6.07) is 17.2. The lowest BCUT2D eigenvalue weighted by atomic mass is 10.1. The number of nitrogens with zero attached hydrogens (tertiary/aromatic N) is 3. The first-order valence-corrected chi connectivity index (χ1v) is 11.5. The number of alkyl carbamates (subject to hydrolysis) is 1. The molecule has 33 heavy (non-hydrogen) atoms. The first kappa shape index (κ1) is 22.5. The molecule has 0 aliphatic carbocycles. The van der Waals surface area contributed by atoms with E-state index in [9.17, 15) is 9.59 Å². The molecule has 0 fully saturated rings. The van der Waals surface area contributed by atoms with Gasteiger partial charge in [0.15, 0.2) is 5.82 Å². The molecule has 0 saturated carbocycles. The van der Waals surface area contributed by atoms with E-state index in [-0.39, 0.29) is 12.5 Å². The van der Waals surface area contributed by atoms with E-state index < -0.39 is 6.09 Å². The van der Waals surface area contributed by atoms with E-state index >= 15 is 0 Å². The molecule has 1 aliphatic rings. The molecule has 2 N–H and O–H groups in total. The van der Waals surface area contributed by atoms with Gasteiger partial charge in [0.05, 0.1) is 0 Å². The maximum Gasteiger partial charge on any atom is 0.407 e. The largest absolute Gasteiger partial charge is 0.445 e. The van der Waals surface area contributed by atoms with E-state index in [0.717, 1.165) is 54.3 Å². The van der Waals surface area contributed by atoms with Crippen molar-refractivity contribution < 1.29 is 14.3 Å². The molecule has 0 unspecified atom stereocenters. The van der Waals surface area contributed by atoms with Gasteiger partial charge >= 0.3 is 6.09 Å². The van der Waals surface area contributed by atoms with Crippen LogP contribution in [0.5, 0.6) is 0 Å². The van der Waals surface area contributed by atoms with Crippen molar-refractivity contribution in [2.45, 2.75) is 51.7 Å². The van der Waals surface area contributed by atoms with Crippen LogP contribution in [0, 0.1) is 0 Å². The molecular weight excluding hydrogens is 418 g/mol. The highest BCUT2D eigenvalue weighted by Gasteiger charge is 2.16. The van der Waals surface area contributed by atoms with Crippen LogP contribution in [0.15, 0.2) is 54.6 Å². The molecule has 1 aliphatic heterocycles. The normalized spacial score (nSPS) is 13.0. The summed E-state index contributed by atoms with van der Waals surface area (Å²) in [5.41, 5.74) is 2.59. The summed E-state index contributed by atoms with van der Waals surface area (Å²) in [5.74, 6) is 1.78. The van der Waals surface area contributed by atoms with Crippen molar-refractivity contribution in [3.05, 3.63) is 66.0 Å². The second-order valence-corrected chi connectivity index (χ2v) is 8.12. The molecule has 3 aromatic rings. The van der Waals surface area contributed by atoms with Crippen LogP contribution in [0.4, 0.5) is 10.5 Å². The van der Waals surface area contributed by atoms with E-state index in [4.69, 9.17) is 4.74 Å². The number of carbonyl (C=O) groups excluding carboxylic acids is 2. The number of ether oxygens (including phenoxy) is 1. The monoisotopic (exact) mass is 447 g/mol. The topological polar surface area (TPSA) is 98.1 Å². The number of aryl methyl sites for hydroxylation is 1.